The van der Waals surface area contributed by atoms with Gasteiger partial charge in [-0.1, -0.05) is 12.0 Å². The number of rotatable bonds is 4. The van der Waals surface area contributed by atoms with E-state index >= 15 is 0 Å². The summed E-state index contributed by atoms with van der Waals surface area (Å²) in [5.74, 6) is 1.30. The zero-order valence-corrected chi connectivity index (χ0v) is 5.50. The van der Waals surface area contributed by atoms with Crippen LogP contribution in [0, 0.1) is 12.3 Å². The minimum atomic E-state index is -0.967. The van der Waals surface area contributed by atoms with Gasteiger partial charge in [-0.3, -0.25) is 10.1 Å². The Labute approximate surface area is 59.7 Å². The Kier molecular flexibility index (Phi) is 4.01. The highest BCUT2D eigenvalue weighted by Crippen LogP contribution is 1.82. The standard InChI is InChI=1S/C7H9NO2/c1-3-5-8-6(4-2)7(9)10/h1,4,6,8H,2,5H2,(H,9,10). The van der Waals surface area contributed by atoms with E-state index in [0.29, 0.717) is 0 Å². The number of carbonyl (C=O) groups is 1. The first-order valence-corrected chi connectivity index (χ1v) is 2.74. The second-order valence-corrected chi connectivity index (χ2v) is 1.64. The van der Waals surface area contributed by atoms with Crippen molar-refractivity contribution in [2.45, 2.75) is 6.04 Å². The van der Waals surface area contributed by atoms with Gasteiger partial charge in [-0.15, -0.1) is 13.0 Å². The van der Waals surface area contributed by atoms with Crippen LogP contribution in [0.3, 0.4) is 0 Å². The van der Waals surface area contributed by atoms with Gasteiger partial charge in [0.2, 0.25) is 0 Å². The molecule has 10 heavy (non-hydrogen) atoms. The van der Waals surface area contributed by atoms with Crippen LogP contribution >= 0.6 is 0 Å². The second-order valence-electron chi connectivity index (χ2n) is 1.64. The molecule has 0 aromatic rings. The van der Waals surface area contributed by atoms with E-state index in [-0.39, 0.29) is 6.54 Å². The van der Waals surface area contributed by atoms with Gasteiger partial charge in [0.15, 0.2) is 0 Å². The lowest BCUT2D eigenvalue weighted by Crippen LogP contribution is -2.34. The molecular weight excluding hydrogens is 130 g/mol. The van der Waals surface area contributed by atoms with E-state index in [0.717, 1.165) is 0 Å². The third-order valence-electron chi connectivity index (χ3n) is 0.926. The van der Waals surface area contributed by atoms with Crippen molar-refractivity contribution < 1.29 is 9.90 Å². The molecule has 0 saturated heterocycles. The highest BCUT2D eigenvalue weighted by atomic mass is 16.4. The predicted molar refractivity (Wildman–Crippen MR) is 38.5 cm³/mol. The molecule has 0 bridgehead atoms. The molecule has 0 aliphatic heterocycles. The number of carboxylic acid groups (broad SMARTS) is 1. The van der Waals surface area contributed by atoms with Crippen molar-refractivity contribution in [2.75, 3.05) is 6.54 Å². The van der Waals surface area contributed by atoms with Crippen LogP contribution in [0.15, 0.2) is 12.7 Å². The third-order valence-corrected chi connectivity index (χ3v) is 0.926. The van der Waals surface area contributed by atoms with Gasteiger partial charge in [0, 0.05) is 0 Å². The fourth-order valence-electron chi connectivity index (χ4n) is 0.440. The Morgan fingerprint density at radius 2 is 2.60 bits per heavy atom. The minimum Gasteiger partial charge on any atom is -0.480 e. The average Bonchev–Trinajstić information content (AvgIpc) is 1.89. The molecule has 2 N–H and O–H groups in total. The van der Waals surface area contributed by atoms with Crippen molar-refractivity contribution in [3.05, 3.63) is 12.7 Å². The first-order chi connectivity index (χ1) is 4.72. The Hall–Kier alpha value is -1.27. The first-order valence-electron chi connectivity index (χ1n) is 2.74. The van der Waals surface area contributed by atoms with E-state index in [4.69, 9.17) is 11.5 Å². The summed E-state index contributed by atoms with van der Waals surface area (Å²) in [5, 5.41) is 11.0. The summed E-state index contributed by atoms with van der Waals surface area (Å²) in [6.45, 7) is 3.56. The van der Waals surface area contributed by atoms with Crippen LogP contribution in [-0.4, -0.2) is 23.7 Å². The number of terminal acetylenes is 1. The largest absolute Gasteiger partial charge is 0.480 e. The Balaban J connectivity index is 3.74. The summed E-state index contributed by atoms with van der Waals surface area (Å²) in [6.07, 6.45) is 6.18. The van der Waals surface area contributed by atoms with Gasteiger partial charge in [-0.05, 0) is 0 Å². The summed E-state index contributed by atoms with van der Waals surface area (Å²) in [7, 11) is 0. The topological polar surface area (TPSA) is 49.3 Å². The molecule has 1 atom stereocenters. The molecule has 0 heterocycles. The van der Waals surface area contributed by atoms with E-state index in [1.54, 1.807) is 0 Å². The normalized spacial score (nSPS) is 11.5. The van der Waals surface area contributed by atoms with Gasteiger partial charge in [-0.25, -0.2) is 0 Å². The number of nitrogens with one attached hydrogen (secondary N) is 1. The van der Waals surface area contributed by atoms with Crippen LogP contribution in [0.4, 0.5) is 0 Å². The average molecular weight is 139 g/mol. The number of aliphatic carboxylic acids is 1. The quantitative estimate of drug-likeness (QED) is 0.420. The van der Waals surface area contributed by atoms with Crippen LogP contribution in [-0.2, 0) is 4.79 Å². The van der Waals surface area contributed by atoms with Crippen molar-refractivity contribution >= 4 is 5.97 Å². The molecule has 0 saturated carbocycles. The summed E-state index contributed by atoms with van der Waals surface area (Å²) >= 11 is 0. The highest BCUT2D eigenvalue weighted by Gasteiger charge is 2.09. The number of carboxylic acids is 1. The van der Waals surface area contributed by atoms with Gasteiger partial charge < -0.3 is 5.11 Å². The fourth-order valence-corrected chi connectivity index (χ4v) is 0.440. The zero-order valence-electron chi connectivity index (χ0n) is 5.50. The Morgan fingerprint density at radius 3 is 2.90 bits per heavy atom. The van der Waals surface area contributed by atoms with Crippen molar-refractivity contribution in [1.82, 2.24) is 5.32 Å². The van der Waals surface area contributed by atoms with Crippen LogP contribution < -0.4 is 5.32 Å². The number of hydrogen-bond acceptors (Lipinski definition) is 2. The van der Waals surface area contributed by atoms with Crippen molar-refractivity contribution in [3.63, 3.8) is 0 Å². The van der Waals surface area contributed by atoms with Crippen molar-refractivity contribution in [2.24, 2.45) is 0 Å². The molecule has 3 heteroatoms. The van der Waals surface area contributed by atoms with Gasteiger partial charge in [-0.2, -0.15) is 0 Å². The summed E-state index contributed by atoms with van der Waals surface area (Å²) in [6, 6.07) is -0.740. The molecular formula is C7H9NO2. The molecule has 0 aliphatic rings. The fraction of sp³-hybridized carbons (Fsp3) is 0.286. The van der Waals surface area contributed by atoms with E-state index in [2.05, 4.69) is 17.8 Å². The minimum absolute atomic E-state index is 0.239. The highest BCUT2D eigenvalue weighted by molar-refractivity contribution is 5.75. The molecule has 0 aromatic heterocycles. The smallest absolute Gasteiger partial charge is 0.324 e. The van der Waals surface area contributed by atoms with E-state index in [1.165, 1.54) is 6.08 Å². The van der Waals surface area contributed by atoms with Crippen LogP contribution in [0.25, 0.3) is 0 Å². The molecule has 1 unspecified atom stereocenters. The van der Waals surface area contributed by atoms with Gasteiger partial charge >= 0.3 is 5.97 Å². The van der Waals surface area contributed by atoms with E-state index in [9.17, 15) is 4.79 Å². The Bertz CT molecular complexity index is 169. The van der Waals surface area contributed by atoms with Gasteiger partial charge in [0.1, 0.15) is 6.04 Å². The summed E-state index contributed by atoms with van der Waals surface area (Å²) in [4.78, 5) is 10.2. The number of hydrogen-bond donors (Lipinski definition) is 2. The summed E-state index contributed by atoms with van der Waals surface area (Å²) < 4.78 is 0. The Morgan fingerprint density at radius 1 is 2.00 bits per heavy atom. The maximum Gasteiger partial charge on any atom is 0.324 e. The lowest BCUT2D eigenvalue weighted by molar-refractivity contribution is -0.138. The molecule has 3 nitrogen and oxygen atoms in total. The predicted octanol–water partition coefficient (Wildman–Crippen LogP) is -0.152. The molecule has 0 rings (SSSR count). The molecule has 0 aromatic carbocycles. The van der Waals surface area contributed by atoms with Gasteiger partial charge in [0.05, 0.1) is 6.54 Å². The summed E-state index contributed by atoms with van der Waals surface area (Å²) in [5.41, 5.74) is 0. The lowest BCUT2D eigenvalue weighted by Gasteiger charge is -2.04. The maximum absolute atomic E-state index is 10.2. The van der Waals surface area contributed by atoms with Crippen molar-refractivity contribution in [3.8, 4) is 12.3 Å². The molecule has 54 valence electrons. The molecule has 0 fully saturated rings. The molecule has 0 spiro atoms. The third kappa shape index (κ3) is 2.90. The monoisotopic (exact) mass is 139 g/mol. The van der Waals surface area contributed by atoms with Crippen LogP contribution in [0.1, 0.15) is 0 Å². The van der Waals surface area contributed by atoms with Crippen LogP contribution in [0.2, 0.25) is 0 Å². The molecule has 0 radical (unpaired) electrons. The zero-order chi connectivity index (χ0) is 7.98. The first kappa shape index (κ1) is 8.73. The van der Waals surface area contributed by atoms with E-state index in [1.807, 2.05) is 0 Å². The van der Waals surface area contributed by atoms with Crippen LogP contribution in [0.5, 0.6) is 0 Å². The molecule has 0 amide bonds. The SMILES string of the molecule is C#CCNC(C=C)C(=O)O. The van der Waals surface area contributed by atoms with Gasteiger partial charge in [0.25, 0.3) is 0 Å². The second kappa shape index (κ2) is 4.59. The molecule has 0 aliphatic carbocycles. The van der Waals surface area contributed by atoms with Crippen molar-refractivity contribution in [1.29, 1.82) is 0 Å². The van der Waals surface area contributed by atoms with E-state index < -0.39 is 12.0 Å². The maximum atomic E-state index is 10.2. The lowest BCUT2D eigenvalue weighted by atomic mass is 10.3.